The van der Waals surface area contributed by atoms with Crippen molar-refractivity contribution in [2.45, 2.75) is 13.8 Å². The van der Waals surface area contributed by atoms with Gasteiger partial charge in [0, 0.05) is 16.3 Å². The quantitative estimate of drug-likeness (QED) is 0.530. The van der Waals surface area contributed by atoms with E-state index in [0.29, 0.717) is 28.7 Å². The summed E-state index contributed by atoms with van der Waals surface area (Å²) in [6.45, 7) is 4.29. The molecule has 0 saturated carbocycles. The summed E-state index contributed by atoms with van der Waals surface area (Å²) >= 11 is 5.96. The highest BCUT2D eigenvalue weighted by molar-refractivity contribution is 6.30. The lowest BCUT2D eigenvalue weighted by Gasteiger charge is -2.09. The number of hydrogen-bond donors (Lipinski definition) is 1. The van der Waals surface area contributed by atoms with Gasteiger partial charge in [-0.2, -0.15) is 5.10 Å². The zero-order valence-electron chi connectivity index (χ0n) is 15.9. The largest absolute Gasteiger partial charge is 0.494 e. The Morgan fingerprint density at radius 1 is 1.10 bits per heavy atom. The third-order valence-corrected chi connectivity index (χ3v) is 4.69. The summed E-state index contributed by atoms with van der Waals surface area (Å²) in [6, 6.07) is 14.5. The molecule has 0 atom stereocenters. The SMILES string of the molecule is CCOc1ccc(NC(=O)c2nnc3c(-c4ccc(Cl)cc4)cnn3c2C)cc1. The van der Waals surface area contributed by atoms with E-state index in [-0.39, 0.29) is 11.6 Å². The molecule has 2 heterocycles. The first-order chi connectivity index (χ1) is 14.1. The summed E-state index contributed by atoms with van der Waals surface area (Å²) in [7, 11) is 0. The summed E-state index contributed by atoms with van der Waals surface area (Å²) in [4.78, 5) is 12.7. The van der Waals surface area contributed by atoms with Crippen LogP contribution < -0.4 is 10.1 Å². The van der Waals surface area contributed by atoms with Crippen molar-refractivity contribution in [2.24, 2.45) is 0 Å². The predicted molar refractivity (Wildman–Crippen MR) is 112 cm³/mol. The van der Waals surface area contributed by atoms with E-state index in [1.54, 1.807) is 54.0 Å². The molecule has 0 radical (unpaired) electrons. The number of fused-ring (bicyclic) bond motifs is 1. The maximum absolute atomic E-state index is 12.7. The molecule has 0 unspecified atom stereocenters. The van der Waals surface area contributed by atoms with Crippen LogP contribution in [0.2, 0.25) is 5.02 Å². The number of ether oxygens (including phenoxy) is 1. The van der Waals surface area contributed by atoms with Crippen LogP contribution in [0.1, 0.15) is 23.1 Å². The Morgan fingerprint density at radius 3 is 2.52 bits per heavy atom. The number of nitrogens with one attached hydrogen (secondary N) is 1. The van der Waals surface area contributed by atoms with Gasteiger partial charge < -0.3 is 10.1 Å². The van der Waals surface area contributed by atoms with Crippen molar-refractivity contribution in [1.29, 1.82) is 0 Å². The first-order valence-corrected chi connectivity index (χ1v) is 9.46. The number of amides is 1. The number of anilines is 1. The Bertz CT molecular complexity index is 1170. The lowest BCUT2D eigenvalue weighted by atomic mass is 10.1. The smallest absolute Gasteiger partial charge is 0.278 e. The first kappa shape index (κ1) is 18.9. The number of nitrogens with zero attached hydrogens (tertiary/aromatic N) is 4. The lowest BCUT2D eigenvalue weighted by Crippen LogP contribution is -2.18. The Morgan fingerprint density at radius 2 is 1.83 bits per heavy atom. The Kier molecular flexibility index (Phi) is 5.14. The molecule has 4 aromatic rings. The molecule has 0 aliphatic rings. The molecule has 2 aromatic carbocycles. The normalized spacial score (nSPS) is 10.9. The van der Waals surface area contributed by atoms with Gasteiger partial charge in [0.1, 0.15) is 5.75 Å². The van der Waals surface area contributed by atoms with Crippen molar-refractivity contribution in [3.05, 3.63) is 71.1 Å². The fraction of sp³-hybridized carbons (Fsp3) is 0.143. The zero-order valence-corrected chi connectivity index (χ0v) is 16.6. The molecule has 1 amide bonds. The Balaban J connectivity index is 1.62. The van der Waals surface area contributed by atoms with Gasteiger partial charge in [-0.3, -0.25) is 4.79 Å². The molecule has 4 rings (SSSR count). The highest BCUT2D eigenvalue weighted by Gasteiger charge is 2.18. The number of rotatable bonds is 5. The second-order valence-electron chi connectivity index (χ2n) is 6.35. The van der Waals surface area contributed by atoms with E-state index < -0.39 is 0 Å². The molecule has 1 N–H and O–H groups in total. The van der Waals surface area contributed by atoms with Crippen molar-refractivity contribution < 1.29 is 9.53 Å². The Hall–Kier alpha value is -3.45. The fourth-order valence-corrected chi connectivity index (χ4v) is 3.11. The van der Waals surface area contributed by atoms with Gasteiger partial charge in [-0.1, -0.05) is 23.7 Å². The van der Waals surface area contributed by atoms with E-state index in [4.69, 9.17) is 16.3 Å². The molecular formula is C21H18ClN5O2. The topological polar surface area (TPSA) is 81.4 Å². The van der Waals surface area contributed by atoms with Gasteiger partial charge in [-0.15, -0.1) is 10.2 Å². The summed E-state index contributed by atoms with van der Waals surface area (Å²) in [5.74, 6) is 0.388. The van der Waals surface area contributed by atoms with Crippen molar-refractivity contribution in [3.8, 4) is 16.9 Å². The monoisotopic (exact) mass is 407 g/mol. The van der Waals surface area contributed by atoms with Gasteiger partial charge >= 0.3 is 0 Å². The second kappa shape index (κ2) is 7.89. The highest BCUT2D eigenvalue weighted by atomic mass is 35.5. The van der Waals surface area contributed by atoms with Crippen LogP contribution in [0.3, 0.4) is 0 Å². The average Bonchev–Trinajstić information content (AvgIpc) is 3.15. The van der Waals surface area contributed by atoms with Gasteiger partial charge in [0.05, 0.1) is 18.5 Å². The number of carbonyl (C=O) groups is 1. The van der Waals surface area contributed by atoms with E-state index >= 15 is 0 Å². The first-order valence-electron chi connectivity index (χ1n) is 9.08. The van der Waals surface area contributed by atoms with Gasteiger partial charge in [0.2, 0.25) is 0 Å². The summed E-state index contributed by atoms with van der Waals surface area (Å²) in [5.41, 5.74) is 3.75. The van der Waals surface area contributed by atoms with Crippen LogP contribution in [-0.4, -0.2) is 32.3 Å². The van der Waals surface area contributed by atoms with Crippen molar-refractivity contribution in [3.63, 3.8) is 0 Å². The highest BCUT2D eigenvalue weighted by Crippen LogP contribution is 2.25. The molecule has 0 aliphatic carbocycles. The maximum Gasteiger partial charge on any atom is 0.278 e. The number of halogens is 1. The second-order valence-corrected chi connectivity index (χ2v) is 6.78. The number of aryl methyl sites for hydroxylation is 1. The molecule has 0 spiro atoms. The van der Waals surface area contributed by atoms with Crippen LogP contribution >= 0.6 is 11.6 Å². The van der Waals surface area contributed by atoms with Gasteiger partial charge in [-0.05, 0) is 55.8 Å². The van der Waals surface area contributed by atoms with Crippen LogP contribution in [-0.2, 0) is 0 Å². The molecular weight excluding hydrogens is 390 g/mol. The standard InChI is InChI=1S/C21H18ClN5O2/c1-3-29-17-10-8-16(9-11-17)24-21(28)19-13(2)27-20(26-25-19)18(12-23-27)14-4-6-15(22)7-5-14/h4-12H,3H2,1-2H3,(H,24,28). The number of carbonyl (C=O) groups excluding carboxylic acids is 1. The minimum Gasteiger partial charge on any atom is -0.494 e. The average molecular weight is 408 g/mol. The molecule has 2 aromatic heterocycles. The van der Waals surface area contributed by atoms with Crippen LogP contribution in [0.25, 0.3) is 16.8 Å². The summed E-state index contributed by atoms with van der Waals surface area (Å²) in [6.07, 6.45) is 1.70. The van der Waals surface area contributed by atoms with Crippen LogP contribution in [0.15, 0.2) is 54.7 Å². The van der Waals surface area contributed by atoms with E-state index in [2.05, 4.69) is 20.6 Å². The van der Waals surface area contributed by atoms with Crippen LogP contribution in [0, 0.1) is 6.92 Å². The van der Waals surface area contributed by atoms with Gasteiger partial charge in [0.25, 0.3) is 5.91 Å². The minimum atomic E-state index is -0.357. The van der Waals surface area contributed by atoms with Crippen molar-refractivity contribution in [1.82, 2.24) is 19.8 Å². The predicted octanol–water partition coefficient (Wildman–Crippen LogP) is 4.40. The lowest BCUT2D eigenvalue weighted by molar-refractivity contribution is 0.102. The third-order valence-electron chi connectivity index (χ3n) is 4.44. The van der Waals surface area contributed by atoms with Crippen molar-refractivity contribution >= 4 is 28.8 Å². The molecule has 8 heteroatoms. The van der Waals surface area contributed by atoms with Crippen molar-refractivity contribution in [2.75, 3.05) is 11.9 Å². The van der Waals surface area contributed by atoms with Crippen LogP contribution in [0.5, 0.6) is 5.75 Å². The zero-order chi connectivity index (χ0) is 20.4. The molecule has 0 aliphatic heterocycles. The fourth-order valence-electron chi connectivity index (χ4n) is 2.99. The van der Waals surface area contributed by atoms with Gasteiger partial charge in [-0.25, -0.2) is 4.52 Å². The number of aromatic nitrogens is 4. The summed E-state index contributed by atoms with van der Waals surface area (Å²) < 4.78 is 7.02. The molecule has 146 valence electrons. The molecule has 29 heavy (non-hydrogen) atoms. The third kappa shape index (κ3) is 3.77. The molecule has 7 nitrogen and oxygen atoms in total. The van der Waals surface area contributed by atoms with E-state index in [9.17, 15) is 4.79 Å². The maximum atomic E-state index is 12.7. The summed E-state index contributed by atoms with van der Waals surface area (Å²) in [5, 5.41) is 16.3. The Labute approximate surface area is 172 Å². The van der Waals surface area contributed by atoms with E-state index in [0.717, 1.165) is 16.9 Å². The molecule has 0 saturated heterocycles. The number of benzene rings is 2. The number of hydrogen-bond acceptors (Lipinski definition) is 5. The molecule has 0 fully saturated rings. The van der Waals surface area contributed by atoms with E-state index in [1.165, 1.54) is 0 Å². The van der Waals surface area contributed by atoms with Crippen LogP contribution in [0.4, 0.5) is 5.69 Å². The van der Waals surface area contributed by atoms with Gasteiger partial charge in [0.15, 0.2) is 11.3 Å². The molecule has 0 bridgehead atoms. The van der Waals surface area contributed by atoms with E-state index in [1.807, 2.05) is 19.1 Å². The minimum absolute atomic E-state index is 0.206.